The Bertz CT molecular complexity index is 879. The van der Waals surface area contributed by atoms with Gasteiger partial charge in [-0.2, -0.15) is 0 Å². The minimum absolute atomic E-state index is 0.0881. The Morgan fingerprint density at radius 1 is 1.11 bits per heavy atom. The molecule has 0 bridgehead atoms. The summed E-state index contributed by atoms with van der Waals surface area (Å²) < 4.78 is 32.6. The number of carbonyl (C=O) groups is 1. The standard InChI is InChI=1S/C21H24F2N2O2/c1-6-25(5)12-24-19-10-8-17(13(2)14(19)3)21(26)27-11-16-7-9-18(22)15(4)20(16)23/h7-10,12H,6,11H2,1-5H3/b24-12+. The summed E-state index contributed by atoms with van der Waals surface area (Å²) in [4.78, 5) is 18.8. The van der Waals surface area contributed by atoms with E-state index in [1.807, 2.05) is 32.7 Å². The molecule has 0 saturated heterocycles. The van der Waals surface area contributed by atoms with Gasteiger partial charge in [-0.15, -0.1) is 0 Å². The van der Waals surface area contributed by atoms with Crippen LogP contribution in [0, 0.1) is 32.4 Å². The molecular weight excluding hydrogens is 350 g/mol. The Morgan fingerprint density at radius 3 is 2.48 bits per heavy atom. The van der Waals surface area contributed by atoms with Gasteiger partial charge in [-0.25, -0.2) is 18.6 Å². The molecule has 0 aliphatic heterocycles. The molecule has 0 radical (unpaired) electrons. The summed E-state index contributed by atoms with van der Waals surface area (Å²) in [6.07, 6.45) is 1.74. The third-order valence-corrected chi connectivity index (χ3v) is 4.63. The van der Waals surface area contributed by atoms with Crippen LogP contribution in [0.15, 0.2) is 29.3 Å². The Hall–Kier alpha value is -2.76. The van der Waals surface area contributed by atoms with Crippen molar-refractivity contribution < 1.29 is 18.3 Å². The van der Waals surface area contributed by atoms with Gasteiger partial charge in [0.25, 0.3) is 0 Å². The summed E-state index contributed by atoms with van der Waals surface area (Å²) in [5, 5.41) is 0. The van der Waals surface area contributed by atoms with E-state index < -0.39 is 17.6 Å². The van der Waals surface area contributed by atoms with Crippen molar-refractivity contribution >= 4 is 18.0 Å². The van der Waals surface area contributed by atoms with E-state index in [9.17, 15) is 13.6 Å². The molecular formula is C21H24F2N2O2. The van der Waals surface area contributed by atoms with Crippen LogP contribution < -0.4 is 0 Å². The Kier molecular flexibility index (Phi) is 6.66. The maximum Gasteiger partial charge on any atom is 0.338 e. The van der Waals surface area contributed by atoms with Gasteiger partial charge in [0.1, 0.15) is 18.2 Å². The van der Waals surface area contributed by atoms with E-state index in [1.54, 1.807) is 18.5 Å². The molecule has 0 atom stereocenters. The zero-order chi connectivity index (χ0) is 20.1. The lowest BCUT2D eigenvalue weighted by Gasteiger charge is -2.13. The van der Waals surface area contributed by atoms with Crippen LogP contribution in [0.3, 0.4) is 0 Å². The SMILES string of the molecule is CCN(C)/C=N/c1ccc(C(=O)OCc2ccc(F)c(C)c2F)c(C)c1C. The number of esters is 1. The quantitative estimate of drug-likeness (QED) is 0.412. The van der Waals surface area contributed by atoms with Crippen LogP contribution in [0.2, 0.25) is 0 Å². The van der Waals surface area contributed by atoms with Crippen LogP contribution in [0.5, 0.6) is 0 Å². The summed E-state index contributed by atoms with van der Waals surface area (Å²) in [6.45, 7) is 7.65. The van der Waals surface area contributed by atoms with Gasteiger partial charge in [-0.3, -0.25) is 0 Å². The fourth-order valence-electron chi connectivity index (χ4n) is 2.46. The second-order valence-electron chi connectivity index (χ2n) is 6.42. The van der Waals surface area contributed by atoms with Crippen LogP contribution in [-0.4, -0.2) is 30.8 Å². The fourth-order valence-corrected chi connectivity index (χ4v) is 2.46. The number of halogens is 2. The molecule has 0 aliphatic carbocycles. The van der Waals surface area contributed by atoms with Crippen LogP contribution in [-0.2, 0) is 11.3 Å². The van der Waals surface area contributed by atoms with E-state index in [-0.39, 0.29) is 17.7 Å². The van der Waals surface area contributed by atoms with Gasteiger partial charge in [0.05, 0.1) is 17.6 Å². The molecule has 0 saturated carbocycles. The topological polar surface area (TPSA) is 41.9 Å². The monoisotopic (exact) mass is 374 g/mol. The van der Waals surface area contributed by atoms with Crippen molar-refractivity contribution in [1.29, 1.82) is 0 Å². The van der Waals surface area contributed by atoms with Gasteiger partial charge in [0, 0.05) is 24.7 Å². The first kappa shape index (κ1) is 20.6. The highest BCUT2D eigenvalue weighted by molar-refractivity contribution is 5.92. The Morgan fingerprint density at radius 2 is 1.81 bits per heavy atom. The molecule has 2 aromatic rings. The third-order valence-electron chi connectivity index (χ3n) is 4.63. The van der Waals surface area contributed by atoms with Gasteiger partial charge in [0.2, 0.25) is 0 Å². The number of benzene rings is 2. The van der Waals surface area contributed by atoms with Crippen molar-refractivity contribution in [3.8, 4) is 0 Å². The number of hydrogen-bond acceptors (Lipinski definition) is 3. The van der Waals surface area contributed by atoms with E-state index in [0.29, 0.717) is 5.56 Å². The molecule has 144 valence electrons. The smallest absolute Gasteiger partial charge is 0.338 e. The van der Waals surface area contributed by atoms with Gasteiger partial charge in [-0.1, -0.05) is 0 Å². The van der Waals surface area contributed by atoms with Crippen LogP contribution >= 0.6 is 0 Å². The van der Waals surface area contributed by atoms with Gasteiger partial charge < -0.3 is 9.64 Å². The lowest BCUT2D eigenvalue weighted by molar-refractivity contribution is 0.0467. The number of nitrogens with zero attached hydrogens (tertiary/aromatic N) is 2. The first-order valence-electron chi connectivity index (χ1n) is 8.71. The highest BCUT2D eigenvalue weighted by Crippen LogP contribution is 2.25. The highest BCUT2D eigenvalue weighted by atomic mass is 19.1. The fraction of sp³-hybridized carbons (Fsp3) is 0.333. The molecule has 27 heavy (non-hydrogen) atoms. The lowest BCUT2D eigenvalue weighted by atomic mass is 10.0. The van der Waals surface area contributed by atoms with Crippen LogP contribution in [0.1, 0.15) is 39.5 Å². The molecule has 2 rings (SSSR count). The maximum atomic E-state index is 14.0. The zero-order valence-corrected chi connectivity index (χ0v) is 16.3. The molecule has 0 aromatic heterocycles. The summed E-state index contributed by atoms with van der Waals surface area (Å²) in [7, 11) is 1.92. The Labute approximate surface area is 158 Å². The van der Waals surface area contributed by atoms with Gasteiger partial charge >= 0.3 is 5.97 Å². The number of hydrogen-bond donors (Lipinski definition) is 0. The average molecular weight is 374 g/mol. The van der Waals surface area contributed by atoms with Crippen molar-refractivity contribution in [2.24, 2.45) is 4.99 Å². The zero-order valence-electron chi connectivity index (χ0n) is 16.3. The number of carbonyl (C=O) groups excluding carboxylic acids is 1. The maximum absolute atomic E-state index is 14.0. The molecule has 4 nitrogen and oxygen atoms in total. The van der Waals surface area contributed by atoms with Crippen molar-refractivity contribution in [1.82, 2.24) is 4.90 Å². The first-order chi connectivity index (χ1) is 12.8. The van der Waals surface area contributed by atoms with E-state index in [4.69, 9.17) is 4.74 Å². The predicted molar refractivity (Wildman–Crippen MR) is 103 cm³/mol. The van der Waals surface area contributed by atoms with E-state index >= 15 is 0 Å². The summed E-state index contributed by atoms with van der Waals surface area (Å²) in [5.74, 6) is -1.88. The van der Waals surface area contributed by atoms with Gasteiger partial charge in [0.15, 0.2) is 0 Å². The predicted octanol–water partition coefficient (Wildman–Crippen LogP) is 4.86. The van der Waals surface area contributed by atoms with Gasteiger partial charge in [-0.05, 0) is 63.1 Å². The third kappa shape index (κ3) is 4.70. The van der Waals surface area contributed by atoms with Crippen LogP contribution in [0.4, 0.5) is 14.5 Å². The summed E-state index contributed by atoms with van der Waals surface area (Å²) >= 11 is 0. The average Bonchev–Trinajstić information content (AvgIpc) is 2.66. The number of ether oxygens (including phenoxy) is 1. The van der Waals surface area contributed by atoms with Crippen LogP contribution in [0.25, 0.3) is 0 Å². The molecule has 0 spiro atoms. The largest absolute Gasteiger partial charge is 0.457 e. The van der Waals surface area contributed by atoms with Crippen molar-refractivity contribution in [3.63, 3.8) is 0 Å². The molecule has 2 aromatic carbocycles. The molecule has 0 unspecified atom stereocenters. The van der Waals surface area contributed by atoms with E-state index in [1.165, 1.54) is 13.0 Å². The lowest BCUT2D eigenvalue weighted by Crippen LogP contribution is -2.14. The van der Waals surface area contributed by atoms with Crippen molar-refractivity contribution in [3.05, 3.63) is 63.7 Å². The molecule has 6 heteroatoms. The molecule has 0 N–H and O–H groups in total. The molecule has 0 amide bonds. The van der Waals surface area contributed by atoms with Crippen molar-refractivity contribution in [2.75, 3.05) is 13.6 Å². The second kappa shape index (κ2) is 8.75. The van der Waals surface area contributed by atoms with E-state index in [0.717, 1.165) is 29.4 Å². The highest BCUT2D eigenvalue weighted by Gasteiger charge is 2.16. The van der Waals surface area contributed by atoms with E-state index in [2.05, 4.69) is 4.99 Å². The Balaban J connectivity index is 2.16. The van der Waals surface area contributed by atoms with Crippen molar-refractivity contribution in [2.45, 2.75) is 34.3 Å². The molecule has 0 aliphatic rings. The minimum atomic E-state index is -0.694. The minimum Gasteiger partial charge on any atom is -0.457 e. The first-order valence-corrected chi connectivity index (χ1v) is 8.71. The normalized spacial score (nSPS) is 11.1. The molecule has 0 heterocycles. The number of aliphatic imine (C=N–C) groups is 1. The second-order valence-corrected chi connectivity index (χ2v) is 6.42. The molecule has 0 fully saturated rings. The summed E-state index contributed by atoms with van der Waals surface area (Å²) in [6, 6.07) is 5.85. The summed E-state index contributed by atoms with van der Waals surface area (Å²) in [5.41, 5.74) is 2.84. The number of rotatable bonds is 6.